The first-order valence-corrected chi connectivity index (χ1v) is 6.16. The van der Waals surface area contributed by atoms with Gasteiger partial charge in [0.25, 0.3) is 0 Å². The van der Waals surface area contributed by atoms with Crippen LogP contribution in [-0.4, -0.2) is 6.54 Å². The van der Waals surface area contributed by atoms with Gasteiger partial charge in [0.05, 0.1) is 4.47 Å². The minimum atomic E-state index is -0.174. The Morgan fingerprint density at radius 2 is 2.20 bits per heavy atom. The smallest absolute Gasteiger partial charge is 0.137 e. The summed E-state index contributed by atoms with van der Waals surface area (Å²) in [5.74, 6) is -0.174. The molecule has 2 rings (SSSR count). The summed E-state index contributed by atoms with van der Waals surface area (Å²) in [6, 6.07) is 3.92. The van der Waals surface area contributed by atoms with Crippen LogP contribution in [0.15, 0.2) is 16.6 Å². The zero-order valence-electron chi connectivity index (χ0n) is 8.82. The van der Waals surface area contributed by atoms with Crippen LogP contribution in [-0.2, 0) is 0 Å². The molecule has 1 saturated heterocycles. The van der Waals surface area contributed by atoms with Crippen molar-refractivity contribution in [3.63, 3.8) is 0 Å². The summed E-state index contributed by atoms with van der Waals surface area (Å²) in [4.78, 5) is 0. The Balaban J connectivity index is 2.30. The first kappa shape index (κ1) is 11.1. The molecule has 1 heterocycles. The van der Waals surface area contributed by atoms with E-state index < -0.39 is 0 Å². The third-order valence-electron chi connectivity index (χ3n) is 2.99. The summed E-state index contributed by atoms with van der Waals surface area (Å²) in [5.41, 5.74) is 2.26. The van der Waals surface area contributed by atoms with Crippen molar-refractivity contribution in [3.05, 3.63) is 33.5 Å². The highest BCUT2D eigenvalue weighted by Crippen LogP contribution is 2.29. The SMILES string of the molecule is Cc1cc(F)c(Br)cc1C1CCCCN1. The van der Waals surface area contributed by atoms with E-state index in [2.05, 4.69) is 21.2 Å². The molecule has 1 fully saturated rings. The number of hydrogen-bond donors (Lipinski definition) is 1. The van der Waals surface area contributed by atoms with Crippen LogP contribution in [0.2, 0.25) is 0 Å². The first-order valence-electron chi connectivity index (χ1n) is 5.37. The van der Waals surface area contributed by atoms with Crippen LogP contribution in [0, 0.1) is 12.7 Å². The minimum absolute atomic E-state index is 0.174. The maximum absolute atomic E-state index is 13.3. The third kappa shape index (κ3) is 2.40. The molecule has 3 heteroatoms. The Kier molecular flexibility index (Phi) is 3.42. The standard InChI is InChI=1S/C12H15BrFN/c1-8-6-11(14)10(13)7-9(8)12-4-2-3-5-15-12/h6-7,12,15H,2-5H2,1H3. The molecule has 0 bridgehead atoms. The molecule has 1 aliphatic heterocycles. The van der Waals surface area contributed by atoms with Crippen molar-refractivity contribution in [1.29, 1.82) is 0 Å². The molecule has 1 unspecified atom stereocenters. The topological polar surface area (TPSA) is 12.0 Å². The molecule has 1 aromatic carbocycles. The lowest BCUT2D eigenvalue weighted by atomic mass is 9.94. The van der Waals surface area contributed by atoms with Gasteiger partial charge in [-0.25, -0.2) is 4.39 Å². The van der Waals surface area contributed by atoms with Crippen LogP contribution in [0.25, 0.3) is 0 Å². The van der Waals surface area contributed by atoms with E-state index in [1.54, 1.807) is 6.07 Å². The molecular formula is C12H15BrFN. The van der Waals surface area contributed by atoms with Crippen molar-refractivity contribution in [1.82, 2.24) is 5.32 Å². The Bertz CT molecular complexity index is 359. The average Bonchev–Trinajstić information content (AvgIpc) is 2.25. The minimum Gasteiger partial charge on any atom is -0.310 e. The second-order valence-corrected chi connectivity index (χ2v) is 4.98. The summed E-state index contributed by atoms with van der Waals surface area (Å²) in [6.45, 7) is 3.04. The molecule has 82 valence electrons. The van der Waals surface area contributed by atoms with Crippen molar-refractivity contribution in [2.45, 2.75) is 32.2 Å². The molecule has 0 aromatic heterocycles. The fourth-order valence-corrected chi connectivity index (χ4v) is 2.52. The average molecular weight is 272 g/mol. The van der Waals surface area contributed by atoms with E-state index in [0.717, 1.165) is 18.5 Å². The molecule has 0 saturated carbocycles. The Morgan fingerprint density at radius 3 is 2.87 bits per heavy atom. The normalized spacial score (nSPS) is 21.7. The summed E-state index contributed by atoms with van der Waals surface area (Å²) in [7, 11) is 0. The summed E-state index contributed by atoms with van der Waals surface area (Å²) >= 11 is 3.24. The number of hydrogen-bond acceptors (Lipinski definition) is 1. The van der Waals surface area contributed by atoms with Gasteiger partial charge >= 0.3 is 0 Å². The van der Waals surface area contributed by atoms with Crippen LogP contribution < -0.4 is 5.32 Å². The van der Waals surface area contributed by atoms with Crippen molar-refractivity contribution >= 4 is 15.9 Å². The van der Waals surface area contributed by atoms with Gasteiger partial charge in [0, 0.05) is 6.04 Å². The fourth-order valence-electron chi connectivity index (χ4n) is 2.15. The van der Waals surface area contributed by atoms with Crippen molar-refractivity contribution < 1.29 is 4.39 Å². The van der Waals surface area contributed by atoms with E-state index in [0.29, 0.717) is 10.5 Å². The Labute approximate surface area is 98.2 Å². The number of nitrogens with one attached hydrogen (secondary N) is 1. The van der Waals surface area contributed by atoms with Crippen LogP contribution in [0.5, 0.6) is 0 Å². The molecule has 0 spiro atoms. The lowest BCUT2D eigenvalue weighted by molar-refractivity contribution is 0.410. The monoisotopic (exact) mass is 271 g/mol. The van der Waals surface area contributed by atoms with Crippen molar-refractivity contribution in [2.24, 2.45) is 0 Å². The molecular weight excluding hydrogens is 257 g/mol. The molecule has 15 heavy (non-hydrogen) atoms. The quantitative estimate of drug-likeness (QED) is 0.821. The Hall–Kier alpha value is -0.410. The van der Waals surface area contributed by atoms with Crippen molar-refractivity contribution in [3.8, 4) is 0 Å². The molecule has 0 radical (unpaired) electrons. The predicted molar refractivity (Wildman–Crippen MR) is 63.4 cm³/mol. The van der Waals surface area contributed by atoms with Gasteiger partial charge < -0.3 is 5.32 Å². The van der Waals surface area contributed by atoms with Crippen LogP contribution >= 0.6 is 15.9 Å². The van der Waals surface area contributed by atoms with Gasteiger partial charge in [-0.3, -0.25) is 0 Å². The maximum Gasteiger partial charge on any atom is 0.137 e. The van der Waals surface area contributed by atoms with Gasteiger partial charge in [-0.15, -0.1) is 0 Å². The summed E-state index contributed by atoms with van der Waals surface area (Å²) in [6.07, 6.45) is 3.66. The summed E-state index contributed by atoms with van der Waals surface area (Å²) in [5, 5.41) is 3.48. The van der Waals surface area contributed by atoms with Crippen LogP contribution in [0.1, 0.15) is 36.4 Å². The molecule has 1 aromatic rings. The van der Waals surface area contributed by atoms with Gasteiger partial charge in [-0.05, 0) is 65.5 Å². The second kappa shape index (κ2) is 4.62. The molecule has 0 aliphatic carbocycles. The van der Waals surface area contributed by atoms with E-state index in [1.165, 1.54) is 18.4 Å². The molecule has 1 nitrogen and oxygen atoms in total. The number of aryl methyl sites for hydroxylation is 1. The lowest BCUT2D eigenvalue weighted by Crippen LogP contribution is -2.27. The van der Waals surface area contributed by atoms with E-state index in [-0.39, 0.29) is 5.82 Å². The number of benzene rings is 1. The highest BCUT2D eigenvalue weighted by Gasteiger charge is 2.17. The number of halogens is 2. The van der Waals surface area contributed by atoms with E-state index >= 15 is 0 Å². The number of piperidine rings is 1. The molecule has 1 N–H and O–H groups in total. The second-order valence-electron chi connectivity index (χ2n) is 4.13. The van der Waals surface area contributed by atoms with Crippen LogP contribution in [0.3, 0.4) is 0 Å². The number of rotatable bonds is 1. The van der Waals surface area contributed by atoms with Gasteiger partial charge in [-0.2, -0.15) is 0 Å². The Morgan fingerprint density at radius 1 is 1.40 bits per heavy atom. The van der Waals surface area contributed by atoms with Gasteiger partial charge in [0.15, 0.2) is 0 Å². The zero-order valence-corrected chi connectivity index (χ0v) is 10.4. The van der Waals surface area contributed by atoms with Gasteiger partial charge in [0.2, 0.25) is 0 Å². The zero-order chi connectivity index (χ0) is 10.8. The maximum atomic E-state index is 13.3. The predicted octanol–water partition coefficient (Wildman–Crippen LogP) is 3.71. The molecule has 0 amide bonds. The first-order chi connectivity index (χ1) is 7.18. The largest absolute Gasteiger partial charge is 0.310 e. The van der Waals surface area contributed by atoms with Crippen molar-refractivity contribution in [2.75, 3.05) is 6.54 Å². The summed E-state index contributed by atoms with van der Waals surface area (Å²) < 4.78 is 13.8. The van der Waals surface area contributed by atoms with Crippen LogP contribution in [0.4, 0.5) is 4.39 Å². The van der Waals surface area contributed by atoms with Gasteiger partial charge in [-0.1, -0.05) is 6.42 Å². The highest BCUT2D eigenvalue weighted by molar-refractivity contribution is 9.10. The van der Waals surface area contributed by atoms with E-state index in [1.807, 2.05) is 13.0 Å². The molecule has 1 atom stereocenters. The lowest BCUT2D eigenvalue weighted by Gasteiger charge is -2.25. The van der Waals surface area contributed by atoms with E-state index in [4.69, 9.17) is 0 Å². The fraction of sp³-hybridized carbons (Fsp3) is 0.500. The van der Waals surface area contributed by atoms with E-state index in [9.17, 15) is 4.39 Å². The third-order valence-corrected chi connectivity index (χ3v) is 3.60. The molecule has 1 aliphatic rings. The van der Waals surface area contributed by atoms with Gasteiger partial charge in [0.1, 0.15) is 5.82 Å². The highest BCUT2D eigenvalue weighted by atomic mass is 79.9.